The monoisotopic (exact) mass is 545 g/mol. The fourth-order valence-corrected chi connectivity index (χ4v) is 3.94. The van der Waals surface area contributed by atoms with E-state index in [2.05, 4.69) is 55.8 Å². The third-order valence-electron chi connectivity index (χ3n) is 5.80. The van der Waals surface area contributed by atoms with Gasteiger partial charge in [0.1, 0.15) is 0 Å². The predicted octanol–water partition coefficient (Wildman–Crippen LogP) is 2.42. The van der Waals surface area contributed by atoms with Crippen molar-refractivity contribution < 1.29 is 9.47 Å². The Morgan fingerprint density at radius 1 is 1.10 bits per heavy atom. The molecule has 2 aliphatic rings. The van der Waals surface area contributed by atoms with Crippen LogP contribution in [0.4, 0.5) is 5.69 Å². The lowest BCUT2D eigenvalue weighted by molar-refractivity contribution is 0.0888. The highest BCUT2D eigenvalue weighted by molar-refractivity contribution is 14.0. The minimum absolute atomic E-state index is 0. The van der Waals surface area contributed by atoms with Gasteiger partial charge in [0.2, 0.25) is 0 Å². The van der Waals surface area contributed by atoms with Crippen LogP contribution in [-0.2, 0) is 9.47 Å². The number of guanidine groups is 1. The number of rotatable bonds is 11. The Kier molecular flexibility index (Phi) is 13.2. The van der Waals surface area contributed by atoms with Crippen LogP contribution in [0.2, 0.25) is 0 Å². The summed E-state index contributed by atoms with van der Waals surface area (Å²) in [4.78, 5) is 9.35. The van der Waals surface area contributed by atoms with Crippen LogP contribution in [0.5, 0.6) is 0 Å². The largest absolute Gasteiger partial charge is 0.381 e. The number of anilines is 1. The van der Waals surface area contributed by atoms with E-state index in [1.54, 1.807) is 0 Å². The van der Waals surface area contributed by atoms with E-state index in [0.29, 0.717) is 5.92 Å². The van der Waals surface area contributed by atoms with E-state index in [1.807, 2.05) is 7.05 Å². The van der Waals surface area contributed by atoms with Gasteiger partial charge in [0.05, 0.1) is 13.2 Å². The molecule has 31 heavy (non-hydrogen) atoms. The highest BCUT2D eigenvalue weighted by Gasteiger charge is 2.17. The first-order chi connectivity index (χ1) is 14.8. The molecule has 8 heteroatoms. The Morgan fingerprint density at radius 3 is 2.52 bits per heavy atom. The molecule has 2 aliphatic heterocycles. The molecule has 176 valence electrons. The standard InChI is InChI=1S/C23H39N5O2.HI/c1-24-23(26-11-6-17-29-19-21-9-18-30-20-21)25-10-5-12-27-13-15-28(16-14-27)22-7-3-2-4-8-22;/h2-4,7-8,21H,5-6,9-20H2,1H3,(H2,24,25,26);1H. The first-order valence-electron chi connectivity index (χ1n) is 11.5. The van der Waals surface area contributed by atoms with Crippen molar-refractivity contribution in [1.82, 2.24) is 15.5 Å². The third-order valence-corrected chi connectivity index (χ3v) is 5.80. The number of halogens is 1. The molecule has 7 nitrogen and oxygen atoms in total. The number of nitrogens with zero attached hydrogens (tertiary/aromatic N) is 3. The van der Waals surface area contributed by atoms with Crippen molar-refractivity contribution in [2.45, 2.75) is 19.3 Å². The summed E-state index contributed by atoms with van der Waals surface area (Å²) >= 11 is 0. The average Bonchev–Trinajstić information content (AvgIpc) is 3.32. The summed E-state index contributed by atoms with van der Waals surface area (Å²) in [6.07, 6.45) is 3.25. The molecule has 0 radical (unpaired) electrons. The summed E-state index contributed by atoms with van der Waals surface area (Å²) in [5, 5.41) is 6.80. The summed E-state index contributed by atoms with van der Waals surface area (Å²) in [5.74, 6) is 1.47. The van der Waals surface area contributed by atoms with Crippen molar-refractivity contribution in [2.24, 2.45) is 10.9 Å². The minimum Gasteiger partial charge on any atom is -0.381 e. The molecule has 2 N–H and O–H groups in total. The quantitative estimate of drug-likeness (QED) is 0.193. The van der Waals surface area contributed by atoms with Gasteiger partial charge >= 0.3 is 0 Å². The van der Waals surface area contributed by atoms with Crippen LogP contribution in [0, 0.1) is 5.92 Å². The van der Waals surface area contributed by atoms with Crippen molar-refractivity contribution in [2.75, 3.05) is 84.2 Å². The summed E-state index contributed by atoms with van der Waals surface area (Å²) in [7, 11) is 1.83. The van der Waals surface area contributed by atoms with Crippen LogP contribution in [0.3, 0.4) is 0 Å². The zero-order chi connectivity index (χ0) is 20.9. The first-order valence-corrected chi connectivity index (χ1v) is 11.5. The lowest BCUT2D eigenvalue weighted by atomic mass is 10.1. The minimum atomic E-state index is 0. The van der Waals surface area contributed by atoms with Gasteiger partial charge in [-0.1, -0.05) is 18.2 Å². The summed E-state index contributed by atoms with van der Waals surface area (Å²) in [5.41, 5.74) is 1.34. The Morgan fingerprint density at radius 2 is 1.84 bits per heavy atom. The second kappa shape index (κ2) is 15.7. The Hall–Kier alpha value is -1.10. The topological polar surface area (TPSA) is 61.4 Å². The summed E-state index contributed by atoms with van der Waals surface area (Å²) in [6.45, 7) is 10.8. The molecule has 1 aromatic rings. The molecule has 2 saturated heterocycles. The van der Waals surface area contributed by atoms with Gasteiger partial charge in [-0.15, -0.1) is 24.0 Å². The van der Waals surface area contributed by atoms with Crippen molar-refractivity contribution in [3.05, 3.63) is 30.3 Å². The molecule has 3 rings (SSSR count). The normalized spacial score (nSPS) is 19.8. The van der Waals surface area contributed by atoms with Gasteiger partial charge < -0.3 is 25.0 Å². The van der Waals surface area contributed by atoms with E-state index in [9.17, 15) is 0 Å². The molecule has 0 amide bonds. The molecule has 0 saturated carbocycles. The maximum atomic E-state index is 5.75. The lowest BCUT2D eigenvalue weighted by Crippen LogP contribution is -2.47. The number of hydrogen-bond acceptors (Lipinski definition) is 5. The number of hydrogen-bond donors (Lipinski definition) is 2. The van der Waals surface area contributed by atoms with Gasteiger partial charge in [-0.05, 0) is 37.9 Å². The number of aliphatic imine (C=N–C) groups is 1. The summed E-state index contributed by atoms with van der Waals surface area (Å²) in [6, 6.07) is 10.7. The Labute approximate surface area is 205 Å². The van der Waals surface area contributed by atoms with Crippen molar-refractivity contribution in [1.29, 1.82) is 0 Å². The highest BCUT2D eigenvalue weighted by atomic mass is 127. The first kappa shape index (κ1) is 26.2. The molecule has 0 aromatic heterocycles. The van der Waals surface area contributed by atoms with Gasteiger partial charge in [0.15, 0.2) is 5.96 Å². The number of para-hydroxylation sites is 1. The Bertz CT molecular complexity index is 605. The third kappa shape index (κ3) is 9.93. The second-order valence-electron chi connectivity index (χ2n) is 8.10. The van der Waals surface area contributed by atoms with Crippen LogP contribution in [0.25, 0.3) is 0 Å². The number of ether oxygens (including phenoxy) is 2. The summed E-state index contributed by atoms with van der Waals surface area (Å²) < 4.78 is 11.1. The van der Waals surface area contributed by atoms with E-state index >= 15 is 0 Å². The van der Waals surface area contributed by atoms with Crippen molar-refractivity contribution in [3.63, 3.8) is 0 Å². The maximum Gasteiger partial charge on any atom is 0.190 e. The zero-order valence-electron chi connectivity index (χ0n) is 18.9. The van der Waals surface area contributed by atoms with E-state index in [1.165, 1.54) is 5.69 Å². The van der Waals surface area contributed by atoms with E-state index in [0.717, 1.165) is 97.5 Å². The van der Waals surface area contributed by atoms with Crippen LogP contribution in [0.1, 0.15) is 19.3 Å². The number of nitrogens with one attached hydrogen (secondary N) is 2. The molecule has 0 bridgehead atoms. The fourth-order valence-electron chi connectivity index (χ4n) is 3.94. The maximum absolute atomic E-state index is 5.75. The van der Waals surface area contributed by atoms with Gasteiger partial charge in [-0.3, -0.25) is 9.89 Å². The van der Waals surface area contributed by atoms with Crippen LogP contribution < -0.4 is 15.5 Å². The van der Waals surface area contributed by atoms with E-state index < -0.39 is 0 Å². The molecule has 2 heterocycles. The molecular weight excluding hydrogens is 505 g/mol. The van der Waals surface area contributed by atoms with Gasteiger partial charge in [0, 0.05) is 71.1 Å². The van der Waals surface area contributed by atoms with Crippen molar-refractivity contribution >= 4 is 35.6 Å². The zero-order valence-corrected chi connectivity index (χ0v) is 21.3. The van der Waals surface area contributed by atoms with Crippen LogP contribution in [0.15, 0.2) is 35.3 Å². The van der Waals surface area contributed by atoms with Gasteiger partial charge in [-0.25, -0.2) is 0 Å². The SMILES string of the molecule is CN=C(NCCCOCC1CCOC1)NCCCN1CCN(c2ccccc2)CC1.I. The van der Waals surface area contributed by atoms with Crippen molar-refractivity contribution in [3.8, 4) is 0 Å². The molecule has 2 fully saturated rings. The fraction of sp³-hybridized carbons (Fsp3) is 0.696. The molecular formula is C23H40IN5O2. The molecule has 1 atom stereocenters. The van der Waals surface area contributed by atoms with E-state index in [-0.39, 0.29) is 24.0 Å². The molecule has 1 aromatic carbocycles. The smallest absolute Gasteiger partial charge is 0.190 e. The molecule has 1 unspecified atom stereocenters. The predicted molar refractivity (Wildman–Crippen MR) is 139 cm³/mol. The Balaban J connectivity index is 0.00000341. The van der Waals surface area contributed by atoms with Gasteiger partial charge in [-0.2, -0.15) is 0 Å². The molecule has 0 aliphatic carbocycles. The van der Waals surface area contributed by atoms with E-state index in [4.69, 9.17) is 9.47 Å². The highest BCUT2D eigenvalue weighted by Crippen LogP contribution is 2.15. The number of benzene rings is 1. The van der Waals surface area contributed by atoms with Gasteiger partial charge in [0.25, 0.3) is 0 Å². The van der Waals surface area contributed by atoms with Crippen LogP contribution in [-0.4, -0.2) is 90.1 Å². The second-order valence-corrected chi connectivity index (χ2v) is 8.10. The lowest BCUT2D eigenvalue weighted by Gasteiger charge is -2.36. The molecule has 0 spiro atoms. The number of piperazine rings is 1. The average molecular weight is 546 g/mol. The van der Waals surface area contributed by atoms with Crippen LogP contribution >= 0.6 is 24.0 Å².